The van der Waals surface area contributed by atoms with Crippen LogP contribution in [0.2, 0.25) is 5.02 Å². The second-order valence-corrected chi connectivity index (χ2v) is 5.68. The van der Waals surface area contributed by atoms with Gasteiger partial charge < -0.3 is 0 Å². The molecule has 0 aliphatic carbocycles. The molecular weight excluding hydrogens is 281 g/mol. The van der Waals surface area contributed by atoms with E-state index < -0.39 is 29.9 Å². The standard InChI is InChI=1S/C7H3ClF3.BrH.Mg/c8-6-3-1-2-5(4-6)7(9,10)11;;/h2-4H;1H;/q;;+1/p-1. The Morgan fingerprint density at radius 3 is 2.31 bits per heavy atom. The third-order valence-corrected chi connectivity index (χ3v) is 4.32. The first kappa shape index (κ1) is 11.6. The van der Waals surface area contributed by atoms with Gasteiger partial charge in [-0.15, -0.1) is 3.69 Å². The number of benzene rings is 1. The van der Waals surface area contributed by atoms with Gasteiger partial charge in [-0.1, -0.05) is 23.7 Å². The molecule has 0 spiro atoms. The molecule has 0 saturated carbocycles. The third kappa shape index (κ3) is 3.31. The summed E-state index contributed by atoms with van der Waals surface area (Å²) in [4.78, 5) is 0. The summed E-state index contributed by atoms with van der Waals surface area (Å²) >= 11 is 7.96. The fourth-order valence-electron chi connectivity index (χ4n) is 0.891. The van der Waals surface area contributed by atoms with Gasteiger partial charge in [0, 0.05) is 5.02 Å². The summed E-state index contributed by atoms with van der Waals surface area (Å²) in [5.41, 5.74) is -0.679. The van der Waals surface area contributed by atoms with Gasteiger partial charge in [0.2, 0.25) is 0 Å². The molecule has 68 valence electrons. The lowest BCUT2D eigenvalue weighted by atomic mass is 10.2. The Hall–Kier alpha value is 0.546. The van der Waals surface area contributed by atoms with Gasteiger partial charge >= 0.3 is 24.4 Å². The van der Waals surface area contributed by atoms with Crippen molar-refractivity contribution in [2.24, 2.45) is 0 Å². The molecule has 0 fully saturated rings. The van der Waals surface area contributed by atoms with Crippen LogP contribution in [0.3, 0.4) is 0 Å². The van der Waals surface area contributed by atoms with Crippen LogP contribution in [0.15, 0.2) is 18.2 Å². The Bertz CT molecular complexity index is 313. The molecule has 0 nitrogen and oxygen atoms in total. The van der Waals surface area contributed by atoms with Crippen molar-refractivity contribution in [3.63, 3.8) is 0 Å². The van der Waals surface area contributed by atoms with E-state index in [0.29, 0.717) is 3.69 Å². The minimum atomic E-state index is -4.31. The molecule has 1 aromatic carbocycles. The van der Waals surface area contributed by atoms with Gasteiger partial charge in [0.15, 0.2) is 0 Å². The zero-order chi connectivity index (χ0) is 10.1. The first-order valence-corrected chi connectivity index (χ1v) is 8.34. The Kier molecular flexibility index (Phi) is 3.91. The van der Waals surface area contributed by atoms with Crippen LogP contribution in [-0.2, 0) is 6.18 Å². The summed E-state index contributed by atoms with van der Waals surface area (Å²) < 4.78 is 37.3. The van der Waals surface area contributed by atoms with Crippen molar-refractivity contribution in [1.82, 2.24) is 0 Å². The number of hydrogen-bond acceptors (Lipinski definition) is 0. The average molecular weight is 284 g/mol. The summed E-state index contributed by atoms with van der Waals surface area (Å²) in [5, 5.41) is 0.136. The van der Waals surface area contributed by atoms with Crippen LogP contribution >= 0.6 is 24.5 Å². The van der Waals surface area contributed by atoms with Crippen LogP contribution in [0.25, 0.3) is 0 Å². The fraction of sp³-hybridized carbons (Fsp3) is 0.143. The quantitative estimate of drug-likeness (QED) is 0.695. The van der Waals surface area contributed by atoms with Crippen LogP contribution in [-0.4, -0.2) is 18.2 Å². The summed E-state index contributed by atoms with van der Waals surface area (Å²) in [6.45, 7) is 0. The van der Waals surface area contributed by atoms with E-state index in [-0.39, 0.29) is 5.02 Å². The SMILES string of the molecule is FC(F)(F)c1cc(Cl)c[c]([Mg][Br])c1. The maximum atomic E-state index is 12.2. The highest BCUT2D eigenvalue weighted by Crippen LogP contribution is 2.30. The molecule has 0 bridgehead atoms. The monoisotopic (exact) mass is 282 g/mol. The van der Waals surface area contributed by atoms with E-state index in [1.54, 1.807) is 6.07 Å². The van der Waals surface area contributed by atoms with Crippen LogP contribution in [0.1, 0.15) is 5.56 Å². The predicted molar refractivity (Wildman–Crippen MR) is 50.8 cm³/mol. The van der Waals surface area contributed by atoms with Gasteiger partial charge in [0.05, 0.1) is 5.56 Å². The Morgan fingerprint density at radius 2 is 1.85 bits per heavy atom. The largest absolute Gasteiger partial charge is 0.506 e. The third-order valence-electron chi connectivity index (χ3n) is 1.44. The molecule has 13 heavy (non-hydrogen) atoms. The number of alkyl halides is 3. The van der Waals surface area contributed by atoms with Gasteiger partial charge in [0.25, 0.3) is 0 Å². The van der Waals surface area contributed by atoms with E-state index >= 15 is 0 Å². The van der Waals surface area contributed by atoms with Gasteiger partial charge in [0.1, 0.15) is 0 Å². The van der Waals surface area contributed by atoms with E-state index in [4.69, 9.17) is 11.6 Å². The van der Waals surface area contributed by atoms with Gasteiger partial charge in [-0.25, -0.2) is 0 Å². The minimum absolute atomic E-state index is 0.136. The molecule has 0 N–H and O–H groups in total. The number of hydrogen-bond donors (Lipinski definition) is 0. The maximum Gasteiger partial charge on any atom is 0.506 e. The number of rotatable bonds is 1. The molecule has 0 radical (unpaired) electrons. The van der Waals surface area contributed by atoms with E-state index in [1.807, 2.05) is 0 Å². The van der Waals surface area contributed by atoms with Crippen molar-refractivity contribution < 1.29 is 13.2 Å². The van der Waals surface area contributed by atoms with Crippen LogP contribution in [0.5, 0.6) is 0 Å². The van der Waals surface area contributed by atoms with Crippen LogP contribution in [0.4, 0.5) is 13.2 Å². The van der Waals surface area contributed by atoms with Crippen molar-refractivity contribution in [1.29, 1.82) is 0 Å². The molecule has 0 saturated heterocycles. The highest BCUT2D eigenvalue weighted by molar-refractivity contribution is 9.23. The lowest BCUT2D eigenvalue weighted by molar-refractivity contribution is -0.137. The van der Waals surface area contributed by atoms with Gasteiger partial charge in [-0.2, -0.15) is 13.2 Å². The maximum absolute atomic E-state index is 12.2. The lowest BCUT2D eigenvalue weighted by Gasteiger charge is -2.08. The highest BCUT2D eigenvalue weighted by Gasteiger charge is 2.30. The highest BCUT2D eigenvalue weighted by atomic mass is 79.9. The first-order chi connectivity index (χ1) is 5.93. The smallest absolute Gasteiger partial charge is 0.296 e. The summed E-state index contributed by atoms with van der Waals surface area (Å²) in [5.74, 6) is 0. The van der Waals surface area contributed by atoms with Gasteiger partial charge in [-0.3, -0.25) is 12.9 Å². The fourth-order valence-corrected chi connectivity index (χ4v) is 2.84. The molecule has 0 aliphatic rings. The molecule has 0 atom stereocenters. The molecule has 6 heteroatoms. The van der Waals surface area contributed by atoms with Crippen LogP contribution in [0, 0.1) is 0 Å². The Labute approximate surface area is 94.0 Å². The van der Waals surface area contributed by atoms with E-state index in [9.17, 15) is 13.2 Å². The minimum Gasteiger partial charge on any atom is -0.296 e. The van der Waals surface area contributed by atoms with Crippen molar-refractivity contribution in [2.75, 3.05) is 0 Å². The molecule has 1 aromatic rings. The second kappa shape index (κ2) is 4.38. The molecule has 0 aromatic heterocycles. The van der Waals surface area contributed by atoms with Crippen molar-refractivity contribution in [3.8, 4) is 0 Å². The molecular formula is C7H3BrClF3Mg. The Morgan fingerprint density at radius 1 is 1.23 bits per heavy atom. The van der Waals surface area contributed by atoms with E-state index in [1.165, 1.54) is 0 Å². The van der Waals surface area contributed by atoms with Crippen molar-refractivity contribution in [2.45, 2.75) is 6.18 Å². The molecule has 0 aliphatic heterocycles. The first-order valence-electron chi connectivity index (χ1n) is 3.36. The van der Waals surface area contributed by atoms with Crippen molar-refractivity contribution in [3.05, 3.63) is 28.8 Å². The predicted octanol–water partition coefficient (Wildman–Crippen LogP) is 3.00. The zero-order valence-electron chi connectivity index (χ0n) is 6.33. The zero-order valence-corrected chi connectivity index (χ0v) is 10.1. The topological polar surface area (TPSA) is 0 Å². The van der Waals surface area contributed by atoms with Crippen LogP contribution < -0.4 is 3.69 Å². The van der Waals surface area contributed by atoms with Gasteiger partial charge in [-0.05, 0) is 6.07 Å². The van der Waals surface area contributed by atoms with E-state index in [2.05, 4.69) is 12.9 Å². The Balaban J connectivity index is 3.16. The second-order valence-electron chi connectivity index (χ2n) is 2.48. The lowest BCUT2D eigenvalue weighted by Crippen LogP contribution is -2.14. The number of halogens is 5. The normalized spacial score (nSPS) is 11.2. The summed E-state index contributed by atoms with van der Waals surface area (Å²) in [7, 11) is 0. The molecule has 0 amide bonds. The van der Waals surface area contributed by atoms with Crippen molar-refractivity contribution >= 4 is 46.4 Å². The van der Waals surface area contributed by atoms with E-state index in [0.717, 1.165) is 12.1 Å². The molecule has 1 rings (SSSR count). The average Bonchev–Trinajstić information content (AvgIpc) is 2.01. The summed E-state index contributed by atoms with van der Waals surface area (Å²) in [6, 6.07) is 3.62. The molecule has 0 heterocycles. The summed E-state index contributed by atoms with van der Waals surface area (Å²) in [6.07, 6.45) is -4.31. The molecule has 0 unspecified atom stereocenters.